The molecule has 0 saturated heterocycles. The fraction of sp³-hybridized carbons (Fsp3) is 0.667. The molecule has 0 heterocycles. The number of carbonyl (C=O) groups excluding carboxylic acids is 1. The highest BCUT2D eigenvalue weighted by Gasteiger charge is 2.42. The third kappa shape index (κ3) is 6.28. The molecule has 1 aliphatic rings. The third-order valence-electron chi connectivity index (χ3n) is 6.18. The van der Waals surface area contributed by atoms with Crippen LogP contribution in [0.5, 0.6) is 11.5 Å². The number of nitrogens with one attached hydrogen (secondary N) is 2. The summed E-state index contributed by atoms with van der Waals surface area (Å²) in [6.07, 6.45) is 3.97. The van der Waals surface area contributed by atoms with Gasteiger partial charge >= 0.3 is 0 Å². The second-order valence-corrected chi connectivity index (χ2v) is 8.86. The topological polar surface area (TPSA) is 78.4 Å². The minimum absolute atomic E-state index is 0.0995. The van der Waals surface area contributed by atoms with Gasteiger partial charge in [0.25, 0.3) is 0 Å². The molecule has 1 aromatic rings. The molecular weight excluding hydrogens is 406 g/mol. The normalized spacial score (nSPS) is 16.6. The Hall–Kier alpha value is -2.48. The van der Waals surface area contributed by atoms with E-state index < -0.39 is 0 Å². The van der Waals surface area contributed by atoms with Crippen LogP contribution in [0, 0.1) is 5.41 Å². The molecule has 1 saturated carbocycles. The maximum atomic E-state index is 12.9. The lowest BCUT2D eigenvalue weighted by molar-refractivity contribution is -0.138. The summed E-state index contributed by atoms with van der Waals surface area (Å²) < 4.78 is 10.9. The van der Waals surface area contributed by atoms with Crippen LogP contribution < -0.4 is 20.1 Å². The number of carbonyl (C=O) groups is 1. The number of nitrogens with zero attached hydrogens (tertiary/aromatic N) is 3. The Bertz CT molecular complexity index is 773. The molecule has 0 bridgehead atoms. The van der Waals surface area contributed by atoms with Crippen LogP contribution in [0.2, 0.25) is 0 Å². The van der Waals surface area contributed by atoms with E-state index in [4.69, 9.17) is 14.5 Å². The Kier molecular flexibility index (Phi) is 9.62. The smallest absolute Gasteiger partial charge is 0.230 e. The van der Waals surface area contributed by atoms with Crippen LogP contribution in [-0.2, 0) is 4.79 Å². The van der Waals surface area contributed by atoms with Crippen LogP contribution >= 0.6 is 0 Å². The van der Waals surface area contributed by atoms with E-state index in [0.29, 0.717) is 24.6 Å². The van der Waals surface area contributed by atoms with Gasteiger partial charge in [-0.1, -0.05) is 18.9 Å². The molecule has 0 aliphatic heterocycles. The second kappa shape index (κ2) is 11.9. The monoisotopic (exact) mass is 447 g/mol. The van der Waals surface area contributed by atoms with E-state index in [1.54, 1.807) is 19.1 Å². The van der Waals surface area contributed by atoms with E-state index in [2.05, 4.69) is 35.7 Å². The van der Waals surface area contributed by atoms with Gasteiger partial charge in [-0.3, -0.25) is 9.79 Å². The summed E-state index contributed by atoms with van der Waals surface area (Å²) >= 11 is 0. The molecule has 1 aliphatic carbocycles. The van der Waals surface area contributed by atoms with Crippen LogP contribution in [0.3, 0.4) is 0 Å². The molecule has 2 rings (SSSR count). The van der Waals surface area contributed by atoms with E-state index in [0.717, 1.165) is 43.8 Å². The number of guanidine groups is 1. The van der Waals surface area contributed by atoms with Gasteiger partial charge < -0.3 is 29.9 Å². The van der Waals surface area contributed by atoms with Gasteiger partial charge in [0.15, 0.2) is 17.5 Å². The second-order valence-electron chi connectivity index (χ2n) is 8.86. The molecule has 0 aromatic heterocycles. The van der Waals surface area contributed by atoms with E-state index in [1.165, 1.54) is 0 Å². The maximum Gasteiger partial charge on any atom is 0.230 e. The molecule has 1 atom stereocenters. The average molecular weight is 448 g/mol. The van der Waals surface area contributed by atoms with Gasteiger partial charge in [0, 0.05) is 27.2 Å². The minimum atomic E-state index is -0.379. The number of hydrogen-bond acceptors (Lipinski definition) is 5. The molecule has 2 N–H and O–H groups in total. The summed E-state index contributed by atoms with van der Waals surface area (Å²) in [4.78, 5) is 21.6. The van der Waals surface area contributed by atoms with Crippen molar-refractivity contribution in [2.75, 3.05) is 62.0 Å². The largest absolute Gasteiger partial charge is 0.493 e. The van der Waals surface area contributed by atoms with Crippen molar-refractivity contribution in [1.29, 1.82) is 0 Å². The summed E-state index contributed by atoms with van der Waals surface area (Å²) in [5.41, 5.74) is 0.738. The Balaban J connectivity index is 2.17. The van der Waals surface area contributed by atoms with Crippen LogP contribution in [0.1, 0.15) is 44.2 Å². The number of rotatable bonds is 10. The summed E-state index contributed by atoms with van der Waals surface area (Å²) in [5, 5.41) is 6.81. The first-order valence-electron chi connectivity index (χ1n) is 11.4. The molecule has 32 heavy (non-hydrogen) atoms. The lowest BCUT2D eigenvalue weighted by Gasteiger charge is -2.30. The van der Waals surface area contributed by atoms with Gasteiger partial charge in [-0.2, -0.15) is 0 Å². The van der Waals surface area contributed by atoms with Crippen LogP contribution in [-0.4, -0.2) is 83.7 Å². The van der Waals surface area contributed by atoms with Crippen molar-refractivity contribution in [2.24, 2.45) is 10.4 Å². The first kappa shape index (κ1) is 25.8. The van der Waals surface area contributed by atoms with Crippen molar-refractivity contribution in [3.8, 4) is 11.5 Å². The Labute approximate surface area is 193 Å². The Morgan fingerprint density at radius 3 is 2.28 bits per heavy atom. The van der Waals surface area contributed by atoms with E-state index >= 15 is 0 Å². The molecule has 0 radical (unpaired) electrons. The molecule has 1 fully saturated rings. The lowest BCUT2D eigenvalue weighted by atomic mass is 9.85. The number of methoxy groups -OCH3 is 2. The third-order valence-corrected chi connectivity index (χ3v) is 6.18. The van der Waals surface area contributed by atoms with E-state index in [9.17, 15) is 4.79 Å². The SMILES string of the molecule is CCNC(=NCC1(C(=O)N(C)C)CCCC1)NCC(c1ccc(OC)c(OC)c1)N(C)C. The predicted octanol–water partition coefficient (Wildman–Crippen LogP) is 2.51. The van der Waals surface area contributed by atoms with Gasteiger partial charge in [0.05, 0.1) is 32.2 Å². The van der Waals surface area contributed by atoms with Crippen LogP contribution in [0.15, 0.2) is 23.2 Å². The summed E-state index contributed by atoms with van der Waals surface area (Å²) in [6.45, 7) is 3.96. The number of hydrogen-bond donors (Lipinski definition) is 2. The van der Waals surface area contributed by atoms with Crippen molar-refractivity contribution < 1.29 is 14.3 Å². The highest BCUT2D eigenvalue weighted by Crippen LogP contribution is 2.39. The Morgan fingerprint density at radius 1 is 1.09 bits per heavy atom. The zero-order chi connectivity index (χ0) is 23.7. The first-order chi connectivity index (χ1) is 15.3. The zero-order valence-electron chi connectivity index (χ0n) is 20.8. The summed E-state index contributed by atoms with van der Waals surface area (Å²) in [7, 11) is 11.1. The molecule has 8 nitrogen and oxygen atoms in total. The highest BCUT2D eigenvalue weighted by molar-refractivity contribution is 5.84. The lowest BCUT2D eigenvalue weighted by Crippen LogP contribution is -2.44. The van der Waals surface area contributed by atoms with E-state index in [-0.39, 0.29) is 17.4 Å². The number of benzene rings is 1. The first-order valence-corrected chi connectivity index (χ1v) is 11.4. The van der Waals surface area contributed by atoms with Gasteiger partial charge in [-0.05, 0) is 51.6 Å². The molecule has 8 heteroatoms. The quantitative estimate of drug-likeness (QED) is 0.424. The molecule has 1 unspecified atom stereocenters. The van der Waals surface area contributed by atoms with Crippen molar-refractivity contribution >= 4 is 11.9 Å². The molecular formula is C24H41N5O3. The fourth-order valence-corrected chi connectivity index (χ4v) is 4.39. The number of ether oxygens (including phenoxy) is 2. The van der Waals surface area contributed by atoms with Gasteiger partial charge in [-0.15, -0.1) is 0 Å². The minimum Gasteiger partial charge on any atom is -0.493 e. The molecule has 1 amide bonds. The zero-order valence-corrected chi connectivity index (χ0v) is 20.8. The van der Waals surface area contributed by atoms with Crippen molar-refractivity contribution in [1.82, 2.24) is 20.4 Å². The highest BCUT2D eigenvalue weighted by atomic mass is 16.5. The summed E-state index contributed by atoms with van der Waals surface area (Å²) in [6, 6.07) is 6.10. The molecule has 0 spiro atoms. The van der Waals surface area contributed by atoms with E-state index in [1.807, 2.05) is 33.2 Å². The van der Waals surface area contributed by atoms with Crippen LogP contribution in [0.4, 0.5) is 0 Å². The number of likely N-dealkylation sites (N-methyl/N-ethyl adjacent to an activating group) is 1. The number of aliphatic imine (C=N–C) groups is 1. The fourth-order valence-electron chi connectivity index (χ4n) is 4.39. The predicted molar refractivity (Wildman–Crippen MR) is 130 cm³/mol. The molecule has 1 aromatic carbocycles. The van der Waals surface area contributed by atoms with Crippen molar-refractivity contribution in [2.45, 2.75) is 38.6 Å². The van der Waals surface area contributed by atoms with Gasteiger partial charge in [0.2, 0.25) is 5.91 Å². The van der Waals surface area contributed by atoms with Crippen molar-refractivity contribution in [3.63, 3.8) is 0 Å². The Morgan fingerprint density at radius 2 is 1.75 bits per heavy atom. The van der Waals surface area contributed by atoms with Gasteiger partial charge in [-0.25, -0.2) is 0 Å². The summed E-state index contributed by atoms with van der Waals surface area (Å²) in [5.74, 6) is 2.34. The average Bonchev–Trinajstić information content (AvgIpc) is 3.26. The van der Waals surface area contributed by atoms with Crippen molar-refractivity contribution in [3.05, 3.63) is 23.8 Å². The van der Waals surface area contributed by atoms with Crippen LogP contribution in [0.25, 0.3) is 0 Å². The molecule has 180 valence electrons. The van der Waals surface area contributed by atoms with Gasteiger partial charge in [0.1, 0.15) is 0 Å². The number of amides is 1. The maximum absolute atomic E-state index is 12.9. The standard InChI is InChI=1S/C24H41N5O3/c1-8-25-23(27-17-24(13-9-10-14-24)22(30)29(4)5)26-16-19(28(2)3)18-11-12-20(31-6)21(15-18)32-7/h11-12,15,19H,8-10,13-14,16-17H2,1-7H3,(H2,25,26,27).